The van der Waals surface area contributed by atoms with Gasteiger partial charge in [-0.15, -0.1) is 21.5 Å². The van der Waals surface area contributed by atoms with Crippen molar-refractivity contribution >= 4 is 28.2 Å². The number of anilines is 1. The van der Waals surface area contributed by atoms with E-state index in [9.17, 15) is 9.59 Å². The van der Waals surface area contributed by atoms with Gasteiger partial charge in [0.05, 0.1) is 5.56 Å². The van der Waals surface area contributed by atoms with E-state index in [1.165, 1.54) is 11.3 Å². The number of rotatable bonds is 6. The number of H-pyrrole nitrogens is 1. The zero-order valence-corrected chi connectivity index (χ0v) is 15.1. The molecule has 0 fully saturated rings. The van der Waals surface area contributed by atoms with E-state index in [4.69, 9.17) is 0 Å². The normalized spacial score (nSPS) is 11.3. The van der Waals surface area contributed by atoms with Gasteiger partial charge in [-0.05, 0) is 19.4 Å². The summed E-state index contributed by atoms with van der Waals surface area (Å²) in [6.45, 7) is 7.90. The van der Waals surface area contributed by atoms with Gasteiger partial charge in [0.25, 0.3) is 5.91 Å². The fourth-order valence-corrected chi connectivity index (χ4v) is 2.80. The molecule has 0 spiro atoms. The van der Waals surface area contributed by atoms with Crippen LogP contribution in [-0.2, 0) is 11.2 Å². The van der Waals surface area contributed by atoms with Gasteiger partial charge >= 0.3 is 0 Å². The van der Waals surface area contributed by atoms with Crippen molar-refractivity contribution in [1.29, 1.82) is 0 Å². The third-order valence-electron chi connectivity index (χ3n) is 3.26. The Morgan fingerprint density at radius 1 is 1.33 bits per heavy atom. The summed E-state index contributed by atoms with van der Waals surface area (Å²) in [5, 5.41) is 19.9. The standard InChI is InChI=1S/C15H22N6O2S/c1-9-8-10(13(24-9)17-14(23)15(2,3)4)12(22)16-7-5-6-11-18-20-21-19-11/h8H,5-7H2,1-4H3,(H,16,22)(H,17,23)(H,18,19,20,21). The molecule has 3 N–H and O–H groups in total. The van der Waals surface area contributed by atoms with Gasteiger partial charge in [-0.3, -0.25) is 9.59 Å². The van der Waals surface area contributed by atoms with Crippen molar-refractivity contribution in [3.05, 3.63) is 22.3 Å². The highest BCUT2D eigenvalue weighted by Crippen LogP contribution is 2.29. The van der Waals surface area contributed by atoms with Crippen molar-refractivity contribution in [3.63, 3.8) is 0 Å². The van der Waals surface area contributed by atoms with Gasteiger partial charge in [0.2, 0.25) is 5.91 Å². The molecule has 0 saturated heterocycles. The van der Waals surface area contributed by atoms with Crippen LogP contribution in [0.25, 0.3) is 0 Å². The van der Waals surface area contributed by atoms with E-state index in [1.54, 1.807) is 6.07 Å². The van der Waals surface area contributed by atoms with Gasteiger partial charge in [-0.1, -0.05) is 26.0 Å². The maximum absolute atomic E-state index is 12.4. The van der Waals surface area contributed by atoms with E-state index < -0.39 is 5.41 Å². The molecule has 2 amide bonds. The monoisotopic (exact) mass is 350 g/mol. The van der Waals surface area contributed by atoms with E-state index >= 15 is 0 Å². The number of tetrazole rings is 1. The number of nitrogens with zero attached hydrogens (tertiary/aromatic N) is 3. The number of aryl methyl sites for hydroxylation is 2. The van der Waals surface area contributed by atoms with Crippen LogP contribution < -0.4 is 10.6 Å². The fraction of sp³-hybridized carbons (Fsp3) is 0.533. The number of aromatic nitrogens is 4. The Morgan fingerprint density at radius 3 is 2.71 bits per heavy atom. The molecule has 0 aromatic carbocycles. The van der Waals surface area contributed by atoms with Crippen LogP contribution in [0.3, 0.4) is 0 Å². The largest absolute Gasteiger partial charge is 0.352 e. The first-order valence-electron chi connectivity index (χ1n) is 7.70. The Bertz CT molecular complexity index is 702. The number of hydrogen-bond donors (Lipinski definition) is 3. The second kappa shape index (κ2) is 7.52. The lowest BCUT2D eigenvalue weighted by atomic mass is 9.96. The molecule has 0 aliphatic rings. The lowest BCUT2D eigenvalue weighted by Crippen LogP contribution is -2.29. The number of thiophene rings is 1. The predicted octanol–water partition coefficient (Wildman–Crippen LogP) is 1.92. The van der Waals surface area contributed by atoms with Gasteiger partial charge in [-0.25, -0.2) is 0 Å². The minimum Gasteiger partial charge on any atom is -0.352 e. The van der Waals surface area contributed by atoms with Crippen LogP contribution in [0.2, 0.25) is 0 Å². The zero-order chi connectivity index (χ0) is 17.7. The fourth-order valence-electron chi connectivity index (χ4n) is 1.90. The first-order chi connectivity index (χ1) is 11.3. The number of nitrogens with one attached hydrogen (secondary N) is 3. The molecule has 8 nitrogen and oxygen atoms in total. The average Bonchev–Trinajstić information content (AvgIpc) is 3.12. The number of carbonyl (C=O) groups excluding carboxylic acids is 2. The molecular formula is C15H22N6O2S. The van der Waals surface area contributed by atoms with Crippen molar-refractivity contribution < 1.29 is 9.59 Å². The first kappa shape index (κ1) is 18.1. The van der Waals surface area contributed by atoms with Crippen LogP contribution in [0.1, 0.15) is 48.3 Å². The van der Waals surface area contributed by atoms with Crippen molar-refractivity contribution in [2.75, 3.05) is 11.9 Å². The van der Waals surface area contributed by atoms with Crippen molar-refractivity contribution in [3.8, 4) is 0 Å². The lowest BCUT2D eigenvalue weighted by molar-refractivity contribution is -0.123. The summed E-state index contributed by atoms with van der Waals surface area (Å²) in [5.41, 5.74) is -0.0226. The summed E-state index contributed by atoms with van der Waals surface area (Å²) in [4.78, 5) is 25.5. The van der Waals surface area contributed by atoms with Crippen molar-refractivity contribution in [2.45, 2.75) is 40.5 Å². The van der Waals surface area contributed by atoms with E-state index in [-0.39, 0.29) is 11.8 Å². The summed E-state index contributed by atoms with van der Waals surface area (Å²) in [6.07, 6.45) is 1.34. The molecule has 0 aliphatic heterocycles. The number of aromatic amines is 1. The third kappa shape index (κ3) is 4.85. The Hall–Kier alpha value is -2.29. The minimum atomic E-state index is -0.518. The Kier molecular flexibility index (Phi) is 5.66. The van der Waals surface area contributed by atoms with Gasteiger partial charge < -0.3 is 10.6 Å². The van der Waals surface area contributed by atoms with E-state index in [0.29, 0.717) is 35.8 Å². The van der Waals surface area contributed by atoms with Crippen LogP contribution >= 0.6 is 11.3 Å². The van der Waals surface area contributed by atoms with E-state index in [1.807, 2.05) is 27.7 Å². The smallest absolute Gasteiger partial charge is 0.254 e. The molecule has 9 heteroatoms. The minimum absolute atomic E-state index is 0.115. The summed E-state index contributed by atoms with van der Waals surface area (Å²) < 4.78 is 0. The Morgan fingerprint density at radius 2 is 2.08 bits per heavy atom. The molecule has 2 aromatic heterocycles. The maximum atomic E-state index is 12.4. The summed E-state index contributed by atoms with van der Waals surface area (Å²) in [5.74, 6) is 0.306. The van der Waals surface area contributed by atoms with E-state index in [2.05, 4.69) is 31.3 Å². The van der Waals surface area contributed by atoms with Crippen molar-refractivity contribution in [2.24, 2.45) is 5.41 Å². The van der Waals surface area contributed by atoms with Gasteiger partial charge in [-0.2, -0.15) is 5.21 Å². The van der Waals surface area contributed by atoms with Crippen LogP contribution in [-0.4, -0.2) is 39.0 Å². The Labute approximate surface area is 144 Å². The molecule has 0 bridgehead atoms. The quantitative estimate of drug-likeness (QED) is 0.689. The first-order valence-corrected chi connectivity index (χ1v) is 8.51. The zero-order valence-electron chi connectivity index (χ0n) is 14.3. The summed E-state index contributed by atoms with van der Waals surface area (Å²) in [7, 11) is 0. The highest BCUT2D eigenvalue weighted by atomic mass is 32.1. The van der Waals surface area contributed by atoms with Crippen LogP contribution in [0.15, 0.2) is 6.07 Å². The molecule has 2 rings (SSSR count). The third-order valence-corrected chi connectivity index (χ3v) is 4.23. The van der Waals surface area contributed by atoms with Crippen LogP contribution in [0.4, 0.5) is 5.00 Å². The molecule has 24 heavy (non-hydrogen) atoms. The predicted molar refractivity (Wildman–Crippen MR) is 92.0 cm³/mol. The second-order valence-electron chi connectivity index (χ2n) is 6.49. The topological polar surface area (TPSA) is 113 Å². The molecule has 2 aromatic rings. The van der Waals surface area contributed by atoms with Crippen LogP contribution in [0, 0.1) is 12.3 Å². The summed E-state index contributed by atoms with van der Waals surface area (Å²) in [6, 6.07) is 1.79. The van der Waals surface area contributed by atoms with Gasteiger partial charge in [0, 0.05) is 23.3 Å². The molecule has 2 heterocycles. The molecule has 0 unspecified atom stereocenters. The Balaban J connectivity index is 1.92. The van der Waals surface area contributed by atoms with Gasteiger partial charge in [0.15, 0.2) is 5.82 Å². The van der Waals surface area contributed by atoms with Crippen LogP contribution in [0.5, 0.6) is 0 Å². The SMILES string of the molecule is Cc1cc(C(=O)NCCCc2nn[nH]n2)c(NC(=O)C(C)(C)C)s1. The van der Waals surface area contributed by atoms with Gasteiger partial charge in [0.1, 0.15) is 5.00 Å². The number of carbonyl (C=O) groups is 2. The highest BCUT2D eigenvalue weighted by molar-refractivity contribution is 7.16. The molecule has 0 saturated carbocycles. The lowest BCUT2D eigenvalue weighted by Gasteiger charge is -2.17. The number of hydrogen-bond acceptors (Lipinski definition) is 6. The molecule has 0 atom stereocenters. The second-order valence-corrected chi connectivity index (χ2v) is 7.75. The average molecular weight is 350 g/mol. The van der Waals surface area contributed by atoms with Crippen molar-refractivity contribution in [1.82, 2.24) is 25.9 Å². The molecular weight excluding hydrogens is 328 g/mol. The highest BCUT2D eigenvalue weighted by Gasteiger charge is 2.24. The molecule has 0 radical (unpaired) electrons. The molecule has 0 aliphatic carbocycles. The molecule has 130 valence electrons. The summed E-state index contributed by atoms with van der Waals surface area (Å²) >= 11 is 1.40. The van der Waals surface area contributed by atoms with E-state index in [0.717, 1.165) is 4.88 Å². The maximum Gasteiger partial charge on any atom is 0.254 e. The number of amides is 2.